The fourth-order valence-electron chi connectivity index (χ4n) is 2.70. The highest BCUT2D eigenvalue weighted by atomic mass is 32.2. The first kappa shape index (κ1) is 18.3. The molecule has 3 rings (SSSR count). The van der Waals surface area contributed by atoms with Crippen molar-refractivity contribution < 1.29 is 17.9 Å². The van der Waals surface area contributed by atoms with Crippen molar-refractivity contribution in [1.82, 2.24) is 10.2 Å². The number of carbonyl (C=O) groups excluding carboxylic acids is 1. The number of carbonyl (C=O) groups is 1. The number of hydrogen-bond acceptors (Lipinski definition) is 5. The van der Waals surface area contributed by atoms with Crippen molar-refractivity contribution >= 4 is 21.8 Å². The number of amides is 1. The zero-order valence-corrected chi connectivity index (χ0v) is 15.3. The van der Waals surface area contributed by atoms with Crippen LogP contribution in [0, 0.1) is 0 Å². The lowest BCUT2D eigenvalue weighted by molar-refractivity contribution is -0.117. The van der Waals surface area contributed by atoms with E-state index in [1.165, 1.54) is 0 Å². The van der Waals surface area contributed by atoms with Crippen molar-refractivity contribution in [2.45, 2.75) is 20.1 Å². The summed E-state index contributed by atoms with van der Waals surface area (Å²) in [6, 6.07) is 7.80. The molecular formula is C18H21N3O4S. The van der Waals surface area contributed by atoms with Gasteiger partial charge in [0.1, 0.15) is 5.84 Å². The Morgan fingerprint density at radius 1 is 1.27 bits per heavy atom. The van der Waals surface area contributed by atoms with Crippen LogP contribution in [0.4, 0.5) is 0 Å². The van der Waals surface area contributed by atoms with Gasteiger partial charge in [-0.05, 0) is 30.2 Å². The number of nitrogens with one attached hydrogen (secondary N) is 1. The highest BCUT2D eigenvalue weighted by Gasteiger charge is 2.24. The minimum Gasteiger partial charge on any atom is -0.377 e. The zero-order chi connectivity index (χ0) is 18.6. The maximum atomic E-state index is 12.5. The molecule has 8 heteroatoms. The van der Waals surface area contributed by atoms with Gasteiger partial charge in [0.15, 0.2) is 0 Å². The molecule has 138 valence electrons. The van der Waals surface area contributed by atoms with Gasteiger partial charge < -0.3 is 15.0 Å². The van der Waals surface area contributed by atoms with Crippen LogP contribution in [0.1, 0.15) is 18.1 Å². The number of nitrogens with zero attached hydrogens (tertiary/aromatic N) is 2. The van der Waals surface area contributed by atoms with Crippen LogP contribution >= 0.6 is 0 Å². The monoisotopic (exact) mass is 375 g/mol. The average molecular weight is 375 g/mol. The van der Waals surface area contributed by atoms with E-state index in [4.69, 9.17) is 4.74 Å². The first-order valence-corrected chi connectivity index (χ1v) is 10.0. The van der Waals surface area contributed by atoms with Crippen LogP contribution in [0.5, 0.6) is 0 Å². The third kappa shape index (κ3) is 4.39. The Balaban J connectivity index is 1.65. The summed E-state index contributed by atoms with van der Waals surface area (Å²) in [6.07, 6.45) is 4.77. The van der Waals surface area contributed by atoms with E-state index in [0.717, 1.165) is 11.1 Å². The molecule has 0 saturated carbocycles. The molecule has 0 atom stereocenters. The van der Waals surface area contributed by atoms with E-state index in [2.05, 4.69) is 9.71 Å². The SMILES string of the molecule is CCOCc1ccccc1CNC(=O)C1=CN2CCS(=O)(=O)N=C2C=C1. The molecule has 0 aromatic heterocycles. The van der Waals surface area contributed by atoms with Crippen molar-refractivity contribution in [3.05, 3.63) is 59.3 Å². The van der Waals surface area contributed by atoms with Gasteiger partial charge in [0.2, 0.25) is 0 Å². The third-order valence-corrected chi connectivity index (χ3v) is 5.27. The molecule has 1 amide bonds. The smallest absolute Gasteiger partial charge is 0.256 e. The molecule has 0 saturated heterocycles. The van der Waals surface area contributed by atoms with E-state index in [1.54, 1.807) is 23.3 Å². The van der Waals surface area contributed by atoms with Gasteiger partial charge in [-0.15, -0.1) is 4.40 Å². The van der Waals surface area contributed by atoms with E-state index in [9.17, 15) is 13.2 Å². The average Bonchev–Trinajstić information content (AvgIpc) is 2.64. The van der Waals surface area contributed by atoms with E-state index in [-0.39, 0.29) is 11.7 Å². The first-order valence-electron chi connectivity index (χ1n) is 8.40. The summed E-state index contributed by atoms with van der Waals surface area (Å²) in [7, 11) is -3.40. The van der Waals surface area contributed by atoms with Gasteiger partial charge in [-0.1, -0.05) is 24.3 Å². The molecule has 1 aromatic carbocycles. The zero-order valence-electron chi connectivity index (χ0n) is 14.5. The second kappa shape index (κ2) is 7.84. The fourth-order valence-corrected chi connectivity index (χ4v) is 3.67. The predicted octanol–water partition coefficient (Wildman–Crippen LogP) is 1.34. The second-order valence-electron chi connectivity index (χ2n) is 5.94. The predicted molar refractivity (Wildman–Crippen MR) is 98.8 cm³/mol. The molecule has 2 heterocycles. The van der Waals surface area contributed by atoms with Crippen molar-refractivity contribution in [3.63, 3.8) is 0 Å². The molecule has 0 aliphatic carbocycles. The third-order valence-electron chi connectivity index (χ3n) is 4.11. The summed E-state index contributed by atoms with van der Waals surface area (Å²) in [5, 5.41) is 2.90. The Hall–Kier alpha value is -2.45. The summed E-state index contributed by atoms with van der Waals surface area (Å²) < 4.78 is 32.2. The van der Waals surface area contributed by atoms with Crippen LogP contribution in [0.3, 0.4) is 0 Å². The van der Waals surface area contributed by atoms with Crippen molar-refractivity contribution in [1.29, 1.82) is 0 Å². The van der Waals surface area contributed by atoms with E-state index in [0.29, 0.717) is 37.7 Å². The van der Waals surface area contributed by atoms with Gasteiger partial charge in [0, 0.05) is 25.9 Å². The number of fused-ring (bicyclic) bond motifs is 1. The van der Waals surface area contributed by atoms with E-state index >= 15 is 0 Å². The van der Waals surface area contributed by atoms with Gasteiger partial charge in [-0.3, -0.25) is 4.79 Å². The number of rotatable bonds is 6. The van der Waals surface area contributed by atoms with Crippen molar-refractivity contribution in [3.8, 4) is 0 Å². The Morgan fingerprint density at radius 2 is 2.04 bits per heavy atom. The molecule has 0 radical (unpaired) electrons. The summed E-state index contributed by atoms with van der Waals surface area (Å²) in [5.41, 5.74) is 2.50. The Kier molecular flexibility index (Phi) is 5.53. The van der Waals surface area contributed by atoms with E-state index < -0.39 is 10.0 Å². The van der Waals surface area contributed by atoms with Crippen LogP contribution in [0.2, 0.25) is 0 Å². The standard InChI is InChI=1S/C18H21N3O4S/c1-2-25-13-16-6-4-3-5-14(16)11-19-18(22)15-7-8-17-20-26(23,24)10-9-21(17)12-15/h3-8,12H,2,9-11,13H2,1H3,(H,19,22). The lowest BCUT2D eigenvalue weighted by Crippen LogP contribution is -2.38. The quantitative estimate of drug-likeness (QED) is 0.811. The number of ether oxygens (including phenoxy) is 1. The Labute approximate surface area is 153 Å². The highest BCUT2D eigenvalue weighted by molar-refractivity contribution is 7.90. The maximum Gasteiger partial charge on any atom is 0.256 e. The van der Waals surface area contributed by atoms with Crippen molar-refractivity contribution in [2.24, 2.45) is 4.40 Å². The summed E-state index contributed by atoms with van der Waals surface area (Å²) in [5.74, 6) is 0.0652. The van der Waals surface area contributed by atoms with Crippen LogP contribution < -0.4 is 5.32 Å². The second-order valence-corrected chi connectivity index (χ2v) is 7.69. The summed E-state index contributed by atoms with van der Waals surface area (Å²) >= 11 is 0. The normalized spacial score (nSPS) is 18.0. The van der Waals surface area contributed by atoms with Gasteiger partial charge in [-0.25, -0.2) is 8.42 Å². The van der Waals surface area contributed by atoms with Gasteiger partial charge >= 0.3 is 0 Å². The molecule has 0 spiro atoms. The largest absolute Gasteiger partial charge is 0.377 e. The molecule has 1 aromatic rings. The minimum atomic E-state index is -3.40. The number of hydrogen-bond donors (Lipinski definition) is 1. The van der Waals surface area contributed by atoms with Crippen LogP contribution in [-0.2, 0) is 32.7 Å². The van der Waals surface area contributed by atoms with E-state index in [1.807, 2.05) is 31.2 Å². The van der Waals surface area contributed by atoms with Crippen LogP contribution in [-0.4, -0.2) is 44.0 Å². The Bertz CT molecular complexity index is 887. The van der Waals surface area contributed by atoms with Crippen LogP contribution in [0.25, 0.3) is 0 Å². The summed E-state index contributed by atoms with van der Waals surface area (Å²) in [6.45, 7) is 3.76. The molecule has 0 unspecified atom stereocenters. The number of benzene rings is 1. The maximum absolute atomic E-state index is 12.5. The topological polar surface area (TPSA) is 88.1 Å². The van der Waals surface area contributed by atoms with Gasteiger partial charge in [-0.2, -0.15) is 0 Å². The molecule has 2 aliphatic heterocycles. The van der Waals surface area contributed by atoms with Crippen molar-refractivity contribution in [2.75, 3.05) is 18.9 Å². The fraction of sp³-hybridized carbons (Fsp3) is 0.333. The van der Waals surface area contributed by atoms with Crippen LogP contribution in [0.15, 0.2) is 52.6 Å². The highest BCUT2D eigenvalue weighted by Crippen LogP contribution is 2.16. The number of amidine groups is 1. The first-order chi connectivity index (χ1) is 12.5. The minimum absolute atomic E-state index is 0.0550. The molecule has 0 fully saturated rings. The molecule has 7 nitrogen and oxygen atoms in total. The van der Waals surface area contributed by atoms with Gasteiger partial charge in [0.05, 0.1) is 17.9 Å². The molecular weight excluding hydrogens is 354 g/mol. The lowest BCUT2D eigenvalue weighted by atomic mass is 10.1. The lowest BCUT2D eigenvalue weighted by Gasteiger charge is -2.27. The molecule has 26 heavy (non-hydrogen) atoms. The summed E-state index contributed by atoms with van der Waals surface area (Å²) in [4.78, 5) is 14.1. The Morgan fingerprint density at radius 3 is 2.81 bits per heavy atom. The molecule has 1 N–H and O–H groups in total. The van der Waals surface area contributed by atoms with Gasteiger partial charge in [0.25, 0.3) is 15.9 Å². The number of sulfonamides is 1. The molecule has 2 aliphatic rings. The molecule has 0 bridgehead atoms.